The molecule has 2 amide bonds. The predicted molar refractivity (Wildman–Crippen MR) is 83.8 cm³/mol. The molecule has 1 aliphatic carbocycles. The summed E-state index contributed by atoms with van der Waals surface area (Å²) in [6.07, 6.45) is 4.35. The van der Waals surface area contributed by atoms with Crippen molar-refractivity contribution in [3.8, 4) is 0 Å². The summed E-state index contributed by atoms with van der Waals surface area (Å²) in [7, 11) is 0. The van der Waals surface area contributed by atoms with Gasteiger partial charge in [0.05, 0.1) is 5.92 Å². The Morgan fingerprint density at radius 2 is 1.67 bits per heavy atom. The Kier molecular flexibility index (Phi) is 4.75. The van der Waals surface area contributed by atoms with Gasteiger partial charge in [0.25, 0.3) is 0 Å². The smallest absolute Gasteiger partial charge is 0.231 e. The summed E-state index contributed by atoms with van der Waals surface area (Å²) in [5.41, 5.74) is 7.16. The summed E-state index contributed by atoms with van der Waals surface area (Å²) in [5.74, 6) is -0.321. The molecule has 0 aromatic heterocycles. The molecule has 112 valence electrons. The molecule has 2 atom stereocenters. The molecule has 0 heterocycles. The second-order valence-electron chi connectivity index (χ2n) is 5.60. The van der Waals surface area contributed by atoms with Crippen LogP contribution in [0.2, 0.25) is 0 Å². The Morgan fingerprint density at radius 1 is 1.10 bits per heavy atom. The van der Waals surface area contributed by atoms with E-state index in [4.69, 9.17) is 5.73 Å². The Hall–Kier alpha value is -2.14. The number of nitrogens with one attached hydrogen (secondary N) is 2. The van der Waals surface area contributed by atoms with E-state index in [1.54, 1.807) is 24.3 Å². The summed E-state index contributed by atoms with van der Waals surface area (Å²) in [4.78, 5) is 23.6. The van der Waals surface area contributed by atoms with E-state index in [1.165, 1.54) is 0 Å². The van der Waals surface area contributed by atoms with E-state index < -0.39 is 0 Å². The van der Waals surface area contributed by atoms with Crippen molar-refractivity contribution < 1.29 is 9.59 Å². The van der Waals surface area contributed by atoms with Gasteiger partial charge in [-0.15, -0.1) is 0 Å². The molecule has 0 saturated carbocycles. The first-order chi connectivity index (χ1) is 9.95. The van der Waals surface area contributed by atoms with Gasteiger partial charge >= 0.3 is 0 Å². The minimum absolute atomic E-state index is 0.0307. The molecule has 0 fully saturated rings. The summed E-state index contributed by atoms with van der Waals surface area (Å²) in [6.45, 7) is 3.67. The van der Waals surface area contributed by atoms with Crippen LogP contribution >= 0.6 is 0 Å². The lowest BCUT2D eigenvalue weighted by Gasteiger charge is -2.12. The van der Waals surface area contributed by atoms with Crippen LogP contribution in [-0.2, 0) is 9.59 Å². The molecule has 2 unspecified atom stereocenters. The highest BCUT2D eigenvalue weighted by Gasteiger charge is 2.22. The lowest BCUT2D eigenvalue weighted by atomic mass is 10.1. The maximum Gasteiger partial charge on any atom is 0.231 e. The molecular weight excluding hydrogens is 266 g/mol. The van der Waals surface area contributed by atoms with Gasteiger partial charge in [-0.25, -0.2) is 0 Å². The van der Waals surface area contributed by atoms with Crippen LogP contribution in [0.4, 0.5) is 11.4 Å². The number of anilines is 2. The Balaban J connectivity index is 1.92. The molecule has 0 saturated heterocycles. The first kappa shape index (κ1) is 15.3. The van der Waals surface area contributed by atoms with Crippen molar-refractivity contribution in [1.82, 2.24) is 0 Å². The van der Waals surface area contributed by atoms with Gasteiger partial charge in [0.1, 0.15) is 0 Å². The van der Waals surface area contributed by atoms with Crippen LogP contribution < -0.4 is 16.4 Å². The van der Waals surface area contributed by atoms with Gasteiger partial charge in [-0.05, 0) is 30.7 Å². The van der Waals surface area contributed by atoms with Gasteiger partial charge < -0.3 is 16.4 Å². The second kappa shape index (κ2) is 6.54. The number of carbonyl (C=O) groups is 2. The molecule has 5 nitrogen and oxygen atoms in total. The van der Waals surface area contributed by atoms with Crippen LogP contribution in [0.5, 0.6) is 0 Å². The standard InChI is InChI=1S/C16H21N3O2/c1-10(2)15(20)18-13-5-7-14(8-6-13)19-16(21)11-3-4-12(17)9-11/h3-8,10-12H,9,17H2,1-2H3,(H,18,20)(H,19,21). The summed E-state index contributed by atoms with van der Waals surface area (Å²) in [6, 6.07) is 7.05. The van der Waals surface area contributed by atoms with E-state index in [2.05, 4.69) is 10.6 Å². The molecule has 0 radical (unpaired) electrons. The van der Waals surface area contributed by atoms with Crippen molar-refractivity contribution >= 4 is 23.2 Å². The van der Waals surface area contributed by atoms with Crippen molar-refractivity contribution in [3.63, 3.8) is 0 Å². The van der Waals surface area contributed by atoms with Crippen molar-refractivity contribution in [3.05, 3.63) is 36.4 Å². The minimum Gasteiger partial charge on any atom is -0.326 e. The third-order valence-corrected chi connectivity index (χ3v) is 3.40. The van der Waals surface area contributed by atoms with Gasteiger partial charge in [-0.3, -0.25) is 9.59 Å². The molecule has 0 spiro atoms. The first-order valence-corrected chi connectivity index (χ1v) is 7.11. The zero-order valence-corrected chi connectivity index (χ0v) is 12.3. The molecule has 1 aromatic rings. The fraction of sp³-hybridized carbons (Fsp3) is 0.375. The van der Waals surface area contributed by atoms with Crippen LogP contribution in [0, 0.1) is 11.8 Å². The summed E-state index contributed by atoms with van der Waals surface area (Å²) >= 11 is 0. The normalized spacial score (nSPS) is 20.6. The largest absolute Gasteiger partial charge is 0.326 e. The van der Waals surface area contributed by atoms with Crippen molar-refractivity contribution in [2.75, 3.05) is 10.6 Å². The van der Waals surface area contributed by atoms with Gasteiger partial charge in [-0.2, -0.15) is 0 Å². The zero-order chi connectivity index (χ0) is 15.4. The number of rotatable bonds is 4. The van der Waals surface area contributed by atoms with Gasteiger partial charge in [-0.1, -0.05) is 26.0 Å². The molecule has 5 heteroatoms. The number of hydrogen-bond acceptors (Lipinski definition) is 3. The molecule has 1 aliphatic rings. The Morgan fingerprint density at radius 3 is 2.14 bits per heavy atom. The maximum atomic E-state index is 12.0. The van der Waals surface area contributed by atoms with Crippen LogP contribution in [0.3, 0.4) is 0 Å². The van der Waals surface area contributed by atoms with Crippen LogP contribution in [0.1, 0.15) is 20.3 Å². The fourth-order valence-electron chi connectivity index (χ4n) is 2.08. The molecule has 1 aromatic carbocycles. The average molecular weight is 287 g/mol. The number of amides is 2. The minimum atomic E-state index is -0.166. The predicted octanol–water partition coefficient (Wildman–Crippen LogP) is 2.12. The van der Waals surface area contributed by atoms with Gasteiger partial charge in [0, 0.05) is 23.3 Å². The molecule has 0 bridgehead atoms. The van der Waals surface area contributed by atoms with Crippen LogP contribution in [0.15, 0.2) is 36.4 Å². The second-order valence-corrected chi connectivity index (χ2v) is 5.60. The molecule has 0 aliphatic heterocycles. The quantitative estimate of drug-likeness (QED) is 0.742. The van der Waals surface area contributed by atoms with Gasteiger partial charge in [0.2, 0.25) is 11.8 Å². The van der Waals surface area contributed by atoms with Gasteiger partial charge in [0.15, 0.2) is 0 Å². The highest BCUT2D eigenvalue weighted by Crippen LogP contribution is 2.20. The monoisotopic (exact) mass is 287 g/mol. The lowest BCUT2D eigenvalue weighted by Crippen LogP contribution is -2.24. The van der Waals surface area contributed by atoms with E-state index in [9.17, 15) is 9.59 Å². The summed E-state index contributed by atoms with van der Waals surface area (Å²) < 4.78 is 0. The Bertz CT molecular complexity index is 549. The molecule has 21 heavy (non-hydrogen) atoms. The van der Waals surface area contributed by atoms with Crippen LogP contribution in [0.25, 0.3) is 0 Å². The topological polar surface area (TPSA) is 84.2 Å². The average Bonchev–Trinajstić information content (AvgIpc) is 2.87. The fourth-order valence-corrected chi connectivity index (χ4v) is 2.08. The molecule has 4 N–H and O–H groups in total. The van der Waals surface area contributed by atoms with E-state index in [-0.39, 0.29) is 29.7 Å². The molecule has 2 rings (SSSR count). The number of hydrogen-bond donors (Lipinski definition) is 3. The highest BCUT2D eigenvalue weighted by atomic mass is 16.2. The van der Waals surface area contributed by atoms with Crippen molar-refractivity contribution in [1.29, 1.82) is 0 Å². The zero-order valence-electron chi connectivity index (χ0n) is 12.3. The van der Waals surface area contributed by atoms with Crippen molar-refractivity contribution in [2.24, 2.45) is 17.6 Å². The maximum absolute atomic E-state index is 12.0. The number of carbonyl (C=O) groups excluding carboxylic acids is 2. The first-order valence-electron chi connectivity index (χ1n) is 7.11. The Labute approximate surface area is 124 Å². The third-order valence-electron chi connectivity index (χ3n) is 3.40. The highest BCUT2D eigenvalue weighted by molar-refractivity contribution is 5.95. The van der Waals surface area contributed by atoms with Crippen LogP contribution in [-0.4, -0.2) is 17.9 Å². The third kappa shape index (κ3) is 4.16. The van der Waals surface area contributed by atoms with E-state index in [1.807, 2.05) is 26.0 Å². The number of benzene rings is 1. The van der Waals surface area contributed by atoms with E-state index >= 15 is 0 Å². The summed E-state index contributed by atoms with van der Waals surface area (Å²) in [5, 5.41) is 5.65. The molecular formula is C16H21N3O2. The van der Waals surface area contributed by atoms with E-state index in [0.29, 0.717) is 12.1 Å². The number of nitrogens with two attached hydrogens (primary N) is 1. The SMILES string of the molecule is CC(C)C(=O)Nc1ccc(NC(=O)C2C=CC(N)C2)cc1. The lowest BCUT2D eigenvalue weighted by molar-refractivity contribution is -0.119. The van der Waals surface area contributed by atoms with E-state index in [0.717, 1.165) is 5.69 Å². The van der Waals surface area contributed by atoms with Crippen molar-refractivity contribution in [2.45, 2.75) is 26.3 Å².